The molecule has 0 aliphatic carbocycles. The van der Waals surface area contributed by atoms with E-state index in [-0.39, 0.29) is 12.5 Å². The molecule has 0 radical (unpaired) electrons. The Hall–Kier alpha value is -3.02. The van der Waals surface area contributed by atoms with Gasteiger partial charge in [0.15, 0.2) is 0 Å². The number of fused-ring (bicyclic) bond motifs is 1. The van der Waals surface area contributed by atoms with E-state index in [1.807, 2.05) is 31.2 Å². The summed E-state index contributed by atoms with van der Waals surface area (Å²) in [6.07, 6.45) is 1.33. The number of carbonyl (C=O) groups excluding carboxylic acids is 1. The average Bonchev–Trinajstić information content (AvgIpc) is 3.10. The Kier molecular flexibility index (Phi) is 6.63. The van der Waals surface area contributed by atoms with Crippen molar-refractivity contribution in [2.75, 3.05) is 6.54 Å². The van der Waals surface area contributed by atoms with Crippen molar-refractivity contribution < 1.29 is 19.4 Å². The lowest BCUT2D eigenvalue weighted by Crippen LogP contribution is -2.35. The van der Waals surface area contributed by atoms with E-state index in [1.165, 1.54) is 4.90 Å². The quantitative estimate of drug-likeness (QED) is 0.470. The zero-order chi connectivity index (χ0) is 23.6. The summed E-state index contributed by atoms with van der Waals surface area (Å²) >= 11 is 12.2. The van der Waals surface area contributed by atoms with Crippen LogP contribution in [-0.4, -0.2) is 34.0 Å². The van der Waals surface area contributed by atoms with Crippen LogP contribution >= 0.6 is 23.2 Å². The van der Waals surface area contributed by atoms with Gasteiger partial charge in [0.2, 0.25) is 0 Å². The third-order valence-corrected chi connectivity index (χ3v) is 6.27. The van der Waals surface area contributed by atoms with Crippen LogP contribution in [0.3, 0.4) is 0 Å². The standard InChI is InChI=1S/C26H23Cl2NO4/c1-26(13-17-6-9-21(27)10-7-17)14-20-12-18(8-11-23(20)33-26)25(32)29(16-24(30)31)15-19-4-2-3-5-22(19)28/h2-12H,13-16H2,1H3,(H,30,31). The number of aliphatic carboxylic acids is 1. The maximum atomic E-state index is 13.2. The van der Waals surface area contributed by atoms with E-state index in [1.54, 1.807) is 42.5 Å². The number of hydrogen-bond donors (Lipinski definition) is 1. The van der Waals surface area contributed by atoms with Crippen LogP contribution in [0.15, 0.2) is 66.7 Å². The highest BCUT2D eigenvalue weighted by Gasteiger charge is 2.35. The van der Waals surface area contributed by atoms with Gasteiger partial charge in [-0.25, -0.2) is 0 Å². The molecule has 33 heavy (non-hydrogen) atoms. The molecule has 7 heteroatoms. The smallest absolute Gasteiger partial charge is 0.323 e. The molecule has 0 bridgehead atoms. The number of benzene rings is 3. The van der Waals surface area contributed by atoms with E-state index < -0.39 is 18.1 Å². The van der Waals surface area contributed by atoms with Gasteiger partial charge in [-0.1, -0.05) is 53.5 Å². The predicted molar refractivity (Wildman–Crippen MR) is 128 cm³/mol. The van der Waals surface area contributed by atoms with E-state index in [9.17, 15) is 14.7 Å². The lowest BCUT2D eigenvalue weighted by molar-refractivity contribution is -0.137. The van der Waals surface area contributed by atoms with Crippen molar-refractivity contribution in [2.45, 2.75) is 31.9 Å². The first kappa shape index (κ1) is 23.1. The van der Waals surface area contributed by atoms with Crippen LogP contribution in [-0.2, 0) is 24.2 Å². The molecule has 0 saturated heterocycles. The van der Waals surface area contributed by atoms with Gasteiger partial charge in [0, 0.05) is 35.0 Å². The fourth-order valence-electron chi connectivity index (χ4n) is 4.16. The number of nitrogens with zero attached hydrogens (tertiary/aromatic N) is 1. The van der Waals surface area contributed by atoms with Gasteiger partial charge in [0.05, 0.1) is 0 Å². The number of hydrogen-bond acceptors (Lipinski definition) is 3. The number of rotatable bonds is 7. The molecule has 1 unspecified atom stereocenters. The molecule has 1 heterocycles. The maximum Gasteiger partial charge on any atom is 0.323 e. The van der Waals surface area contributed by atoms with Gasteiger partial charge in [-0.15, -0.1) is 0 Å². The molecular weight excluding hydrogens is 461 g/mol. The Morgan fingerprint density at radius 3 is 2.48 bits per heavy atom. The lowest BCUT2D eigenvalue weighted by Gasteiger charge is -2.24. The number of carbonyl (C=O) groups is 2. The van der Waals surface area contributed by atoms with Crippen LogP contribution in [0.5, 0.6) is 5.75 Å². The number of carboxylic acids is 1. The minimum Gasteiger partial charge on any atom is -0.487 e. The zero-order valence-electron chi connectivity index (χ0n) is 18.1. The van der Waals surface area contributed by atoms with E-state index in [0.29, 0.717) is 34.0 Å². The van der Waals surface area contributed by atoms with Crippen LogP contribution < -0.4 is 4.74 Å². The molecule has 3 aromatic rings. The summed E-state index contributed by atoms with van der Waals surface area (Å²) in [5.41, 5.74) is 2.69. The summed E-state index contributed by atoms with van der Waals surface area (Å²) in [6.45, 7) is 1.72. The fraction of sp³-hybridized carbons (Fsp3) is 0.231. The van der Waals surface area contributed by atoms with Crippen molar-refractivity contribution in [3.05, 3.63) is 99.0 Å². The molecule has 0 saturated carbocycles. The zero-order valence-corrected chi connectivity index (χ0v) is 19.6. The molecule has 0 aromatic heterocycles. The van der Waals surface area contributed by atoms with Crippen LogP contribution in [0.4, 0.5) is 0 Å². The number of halogens is 2. The topological polar surface area (TPSA) is 66.8 Å². The summed E-state index contributed by atoms with van der Waals surface area (Å²) < 4.78 is 6.23. The molecule has 5 nitrogen and oxygen atoms in total. The van der Waals surface area contributed by atoms with Crippen LogP contribution in [0.25, 0.3) is 0 Å². The highest BCUT2D eigenvalue weighted by molar-refractivity contribution is 6.31. The average molecular weight is 484 g/mol. The summed E-state index contributed by atoms with van der Waals surface area (Å²) in [6, 6.07) is 20.0. The van der Waals surface area contributed by atoms with Crippen molar-refractivity contribution in [1.29, 1.82) is 0 Å². The Morgan fingerprint density at radius 2 is 1.79 bits per heavy atom. The van der Waals surface area contributed by atoms with Gasteiger partial charge >= 0.3 is 5.97 Å². The second-order valence-electron chi connectivity index (χ2n) is 8.50. The molecular formula is C26H23Cl2NO4. The Morgan fingerprint density at radius 1 is 1.06 bits per heavy atom. The fourth-order valence-corrected chi connectivity index (χ4v) is 4.49. The normalized spacial score (nSPS) is 16.7. The highest BCUT2D eigenvalue weighted by Crippen LogP contribution is 2.38. The highest BCUT2D eigenvalue weighted by atomic mass is 35.5. The summed E-state index contributed by atoms with van der Waals surface area (Å²) in [5, 5.41) is 10.5. The van der Waals surface area contributed by atoms with E-state index in [4.69, 9.17) is 27.9 Å². The number of ether oxygens (including phenoxy) is 1. The molecule has 0 fully saturated rings. The molecule has 4 rings (SSSR count). The number of amides is 1. The van der Waals surface area contributed by atoms with Crippen molar-refractivity contribution in [1.82, 2.24) is 4.90 Å². The molecule has 1 aliphatic heterocycles. The van der Waals surface area contributed by atoms with Crippen LogP contribution in [0.2, 0.25) is 10.0 Å². The Labute approximate surface area is 202 Å². The Bertz CT molecular complexity index is 1200. The number of carboxylic acid groups (broad SMARTS) is 1. The molecule has 1 atom stereocenters. The van der Waals surface area contributed by atoms with E-state index in [0.717, 1.165) is 16.9 Å². The maximum absolute atomic E-state index is 13.2. The predicted octanol–water partition coefficient (Wildman–Crippen LogP) is 5.66. The molecule has 170 valence electrons. The van der Waals surface area contributed by atoms with E-state index >= 15 is 0 Å². The Balaban J connectivity index is 1.53. The van der Waals surface area contributed by atoms with Gasteiger partial charge in [-0.2, -0.15) is 0 Å². The molecule has 1 amide bonds. The minimum absolute atomic E-state index is 0.104. The molecule has 3 aromatic carbocycles. The van der Waals surface area contributed by atoms with Crippen LogP contribution in [0, 0.1) is 0 Å². The molecule has 1 N–H and O–H groups in total. The van der Waals surface area contributed by atoms with Gasteiger partial charge in [0.1, 0.15) is 17.9 Å². The van der Waals surface area contributed by atoms with Crippen molar-refractivity contribution in [3.63, 3.8) is 0 Å². The van der Waals surface area contributed by atoms with Crippen LogP contribution in [0.1, 0.15) is 34.0 Å². The van der Waals surface area contributed by atoms with E-state index in [2.05, 4.69) is 0 Å². The lowest BCUT2D eigenvalue weighted by atomic mass is 9.91. The van der Waals surface area contributed by atoms with Gasteiger partial charge in [0.25, 0.3) is 5.91 Å². The van der Waals surface area contributed by atoms with Crippen molar-refractivity contribution in [3.8, 4) is 5.75 Å². The first-order chi connectivity index (χ1) is 15.7. The van der Waals surface area contributed by atoms with Crippen molar-refractivity contribution >= 4 is 35.1 Å². The second kappa shape index (κ2) is 9.46. The first-order valence-corrected chi connectivity index (χ1v) is 11.3. The third-order valence-electron chi connectivity index (χ3n) is 5.65. The van der Waals surface area contributed by atoms with Gasteiger partial charge in [-0.3, -0.25) is 9.59 Å². The molecule has 0 spiro atoms. The van der Waals surface area contributed by atoms with Gasteiger partial charge in [-0.05, 0) is 60.0 Å². The second-order valence-corrected chi connectivity index (χ2v) is 9.34. The summed E-state index contributed by atoms with van der Waals surface area (Å²) in [5.74, 6) is -0.722. The molecule has 1 aliphatic rings. The first-order valence-electron chi connectivity index (χ1n) is 10.5. The SMILES string of the molecule is CC1(Cc2ccc(Cl)cc2)Cc2cc(C(=O)N(CC(=O)O)Cc3ccccc3Cl)ccc2O1. The van der Waals surface area contributed by atoms with Gasteiger partial charge < -0.3 is 14.7 Å². The third kappa shape index (κ3) is 5.49. The minimum atomic E-state index is -1.09. The summed E-state index contributed by atoms with van der Waals surface area (Å²) in [4.78, 5) is 26.0. The van der Waals surface area contributed by atoms with Crippen molar-refractivity contribution in [2.24, 2.45) is 0 Å². The summed E-state index contributed by atoms with van der Waals surface area (Å²) in [7, 11) is 0. The monoisotopic (exact) mass is 483 g/mol. The largest absolute Gasteiger partial charge is 0.487 e.